The van der Waals surface area contributed by atoms with Gasteiger partial charge >= 0.3 is 6.09 Å². The number of piperidine rings is 1. The molecule has 0 bridgehead atoms. The SMILES string of the molecule is CC(C)(C)OC(=O)N1CCC[C@@H](c2cccc(-c3nccs3)n2)C1. The fourth-order valence-corrected chi connectivity index (χ4v) is 3.47. The molecule has 1 saturated heterocycles. The zero-order valence-corrected chi connectivity index (χ0v) is 15.2. The highest BCUT2D eigenvalue weighted by molar-refractivity contribution is 7.13. The summed E-state index contributed by atoms with van der Waals surface area (Å²) in [6.07, 6.45) is 3.56. The van der Waals surface area contributed by atoms with Gasteiger partial charge in [-0.2, -0.15) is 0 Å². The first-order valence-electron chi connectivity index (χ1n) is 8.27. The highest BCUT2D eigenvalue weighted by atomic mass is 32.1. The van der Waals surface area contributed by atoms with Crippen LogP contribution in [0.5, 0.6) is 0 Å². The first-order chi connectivity index (χ1) is 11.4. The summed E-state index contributed by atoms with van der Waals surface area (Å²) in [5.41, 5.74) is 1.46. The molecule has 1 amide bonds. The van der Waals surface area contributed by atoms with Gasteiger partial charge in [0, 0.05) is 36.3 Å². The lowest BCUT2D eigenvalue weighted by molar-refractivity contribution is 0.0197. The molecular formula is C18H23N3O2S. The maximum Gasteiger partial charge on any atom is 0.410 e. The summed E-state index contributed by atoms with van der Waals surface area (Å²) >= 11 is 1.59. The Balaban J connectivity index is 1.73. The minimum Gasteiger partial charge on any atom is -0.444 e. The molecule has 6 heteroatoms. The van der Waals surface area contributed by atoms with E-state index in [1.807, 2.05) is 44.4 Å². The van der Waals surface area contributed by atoms with Gasteiger partial charge in [-0.25, -0.2) is 14.8 Å². The molecular weight excluding hydrogens is 322 g/mol. The van der Waals surface area contributed by atoms with E-state index in [-0.39, 0.29) is 12.0 Å². The van der Waals surface area contributed by atoms with Crippen LogP contribution in [0.3, 0.4) is 0 Å². The molecule has 3 rings (SSSR count). The van der Waals surface area contributed by atoms with Crippen LogP contribution in [0.1, 0.15) is 45.2 Å². The van der Waals surface area contributed by atoms with Gasteiger partial charge in [0.05, 0.1) is 5.69 Å². The van der Waals surface area contributed by atoms with Crippen molar-refractivity contribution in [2.24, 2.45) is 0 Å². The standard InChI is InChI=1S/C18H23N3O2S/c1-18(2,3)23-17(22)21-10-5-6-13(12-21)14-7-4-8-15(20-14)16-19-9-11-24-16/h4,7-9,11,13H,5-6,10,12H2,1-3H3/t13-/m1/s1. The van der Waals surface area contributed by atoms with E-state index in [1.165, 1.54) is 0 Å². The van der Waals surface area contributed by atoms with Crippen molar-refractivity contribution in [3.05, 3.63) is 35.5 Å². The topological polar surface area (TPSA) is 55.3 Å². The molecule has 0 N–H and O–H groups in total. The lowest BCUT2D eigenvalue weighted by Gasteiger charge is -2.34. The molecule has 24 heavy (non-hydrogen) atoms. The molecule has 2 aromatic rings. The van der Waals surface area contributed by atoms with Crippen molar-refractivity contribution in [1.82, 2.24) is 14.9 Å². The van der Waals surface area contributed by atoms with E-state index in [4.69, 9.17) is 9.72 Å². The molecule has 0 aliphatic carbocycles. The maximum atomic E-state index is 12.3. The maximum absolute atomic E-state index is 12.3. The van der Waals surface area contributed by atoms with Gasteiger partial charge in [0.15, 0.2) is 0 Å². The van der Waals surface area contributed by atoms with Gasteiger partial charge in [0.2, 0.25) is 0 Å². The Morgan fingerprint density at radius 1 is 1.38 bits per heavy atom. The molecule has 128 valence electrons. The molecule has 3 heterocycles. The number of nitrogens with zero attached hydrogens (tertiary/aromatic N) is 3. The van der Waals surface area contributed by atoms with Crippen LogP contribution in [0.15, 0.2) is 29.8 Å². The first kappa shape index (κ1) is 16.9. The second-order valence-corrected chi connectivity index (χ2v) is 7.95. The van der Waals surface area contributed by atoms with E-state index in [2.05, 4.69) is 4.98 Å². The van der Waals surface area contributed by atoms with Gasteiger partial charge in [0.1, 0.15) is 10.6 Å². The molecule has 1 fully saturated rings. The summed E-state index contributed by atoms with van der Waals surface area (Å²) in [7, 11) is 0. The highest BCUT2D eigenvalue weighted by Crippen LogP contribution is 2.29. The predicted octanol–water partition coefficient (Wildman–Crippen LogP) is 4.32. The number of carbonyl (C=O) groups excluding carboxylic acids is 1. The quantitative estimate of drug-likeness (QED) is 0.813. The Morgan fingerprint density at radius 2 is 2.21 bits per heavy atom. The van der Waals surface area contributed by atoms with Crippen molar-refractivity contribution in [3.8, 4) is 10.7 Å². The minimum absolute atomic E-state index is 0.233. The average molecular weight is 345 g/mol. The number of hydrogen-bond donors (Lipinski definition) is 0. The fourth-order valence-electron chi connectivity index (χ4n) is 2.86. The second kappa shape index (κ2) is 6.89. The van der Waals surface area contributed by atoms with Crippen LogP contribution in [0.2, 0.25) is 0 Å². The highest BCUT2D eigenvalue weighted by Gasteiger charge is 2.29. The van der Waals surface area contributed by atoms with Gasteiger partial charge in [-0.05, 0) is 45.7 Å². The average Bonchev–Trinajstić information content (AvgIpc) is 3.08. The summed E-state index contributed by atoms with van der Waals surface area (Å²) in [6.45, 7) is 7.09. The monoisotopic (exact) mass is 345 g/mol. The molecule has 0 saturated carbocycles. The third kappa shape index (κ3) is 4.12. The molecule has 1 aliphatic rings. The van der Waals surface area contributed by atoms with Crippen LogP contribution in [-0.2, 0) is 4.74 Å². The summed E-state index contributed by atoms with van der Waals surface area (Å²) in [4.78, 5) is 23.2. The van der Waals surface area contributed by atoms with Crippen LogP contribution in [0.25, 0.3) is 10.7 Å². The number of aromatic nitrogens is 2. The molecule has 2 aromatic heterocycles. The number of ether oxygens (including phenoxy) is 1. The molecule has 0 spiro atoms. The summed E-state index contributed by atoms with van der Waals surface area (Å²) < 4.78 is 5.50. The van der Waals surface area contributed by atoms with Crippen molar-refractivity contribution in [2.75, 3.05) is 13.1 Å². The van der Waals surface area contributed by atoms with Gasteiger partial charge in [0.25, 0.3) is 0 Å². The van der Waals surface area contributed by atoms with Crippen molar-refractivity contribution in [2.45, 2.75) is 45.1 Å². The number of thiazole rings is 1. The number of pyridine rings is 1. The molecule has 1 aliphatic heterocycles. The molecule has 0 radical (unpaired) electrons. The molecule has 5 nitrogen and oxygen atoms in total. The van der Waals surface area contributed by atoms with E-state index in [1.54, 1.807) is 22.4 Å². The number of hydrogen-bond acceptors (Lipinski definition) is 5. The molecule has 0 unspecified atom stereocenters. The van der Waals surface area contributed by atoms with Crippen LogP contribution < -0.4 is 0 Å². The van der Waals surface area contributed by atoms with Crippen LogP contribution in [0.4, 0.5) is 4.79 Å². The fraction of sp³-hybridized carbons (Fsp3) is 0.500. The van der Waals surface area contributed by atoms with E-state index in [0.717, 1.165) is 35.8 Å². The Bertz CT molecular complexity index is 695. The molecule has 1 atom stereocenters. The Morgan fingerprint density at radius 3 is 2.92 bits per heavy atom. The van der Waals surface area contributed by atoms with Crippen molar-refractivity contribution >= 4 is 17.4 Å². The largest absolute Gasteiger partial charge is 0.444 e. The van der Waals surface area contributed by atoms with Gasteiger partial charge in [-0.1, -0.05) is 6.07 Å². The first-order valence-corrected chi connectivity index (χ1v) is 9.15. The second-order valence-electron chi connectivity index (χ2n) is 7.05. The normalized spacial score (nSPS) is 18.5. The third-order valence-corrected chi connectivity index (χ3v) is 4.71. The Labute approximate surface area is 146 Å². The van der Waals surface area contributed by atoms with Crippen LogP contribution in [-0.4, -0.2) is 39.7 Å². The van der Waals surface area contributed by atoms with Crippen molar-refractivity contribution in [1.29, 1.82) is 0 Å². The van der Waals surface area contributed by atoms with E-state index < -0.39 is 5.60 Å². The molecule has 0 aromatic carbocycles. The van der Waals surface area contributed by atoms with E-state index in [9.17, 15) is 4.79 Å². The number of rotatable bonds is 2. The Hall–Kier alpha value is -1.95. The third-order valence-electron chi connectivity index (χ3n) is 3.91. The lowest BCUT2D eigenvalue weighted by atomic mass is 9.94. The van der Waals surface area contributed by atoms with E-state index in [0.29, 0.717) is 6.54 Å². The summed E-state index contributed by atoms with van der Waals surface area (Å²) in [5.74, 6) is 0.242. The van der Waals surface area contributed by atoms with Crippen LogP contribution >= 0.6 is 11.3 Å². The predicted molar refractivity (Wildman–Crippen MR) is 95.1 cm³/mol. The van der Waals surface area contributed by atoms with Gasteiger partial charge < -0.3 is 9.64 Å². The Kier molecular flexibility index (Phi) is 4.85. The van der Waals surface area contributed by atoms with Crippen molar-refractivity contribution < 1.29 is 9.53 Å². The number of likely N-dealkylation sites (tertiary alicyclic amines) is 1. The smallest absolute Gasteiger partial charge is 0.410 e. The van der Waals surface area contributed by atoms with E-state index >= 15 is 0 Å². The number of amides is 1. The van der Waals surface area contributed by atoms with Crippen LogP contribution in [0, 0.1) is 0 Å². The summed E-state index contributed by atoms with van der Waals surface area (Å²) in [5, 5.41) is 2.88. The number of carbonyl (C=O) groups is 1. The zero-order chi connectivity index (χ0) is 17.2. The summed E-state index contributed by atoms with van der Waals surface area (Å²) in [6, 6.07) is 6.04. The zero-order valence-electron chi connectivity index (χ0n) is 14.4. The van der Waals surface area contributed by atoms with Gasteiger partial charge in [-0.15, -0.1) is 11.3 Å². The van der Waals surface area contributed by atoms with Gasteiger partial charge in [-0.3, -0.25) is 0 Å². The lowest BCUT2D eigenvalue weighted by Crippen LogP contribution is -2.42. The van der Waals surface area contributed by atoms with Crippen molar-refractivity contribution in [3.63, 3.8) is 0 Å². The minimum atomic E-state index is -0.465.